The van der Waals surface area contributed by atoms with Crippen LogP contribution in [0.5, 0.6) is 0 Å². The molecule has 0 aromatic rings. The Balaban J connectivity index is 4.03. The summed E-state index contributed by atoms with van der Waals surface area (Å²) in [5.41, 5.74) is 5.41. The summed E-state index contributed by atoms with van der Waals surface area (Å²) < 4.78 is 0. The summed E-state index contributed by atoms with van der Waals surface area (Å²) >= 11 is 0. The monoisotopic (exact) mass is 232 g/mol. The number of hydrogen-bond donors (Lipinski definition) is 4. The third kappa shape index (κ3) is 6.36. The second-order valence-corrected chi connectivity index (χ2v) is 3.68. The highest BCUT2D eigenvalue weighted by Crippen LogP contribution is 2.02. The highest BCUT2D eigenvalue weighted by Gasteiger charge is 2.19. The Bertz CT molecular complexity index is 233. The third-order valence-corrected chi connectivity index (χ3v) is 2.28. The van der Waals surface area contributed by atoms with E-state index >= 15 is 0 Å². The van der Waals surface area contributed by atoms with Crippen molar-refractivity contribution in [1.29, 1.82) is 0 Å². The van der Waals surface area contributed by atoms with Crippen LogP contribution in [0, 0.1) is 0 Å². The Labute approximate surface area is 94.8 Å². The van der Waals surface area contributed by atoms with Crippen LogP contribution in [-0.2, 0) is 9.59 Å². The van der Waals surface area contributed by atoms with Gasteiger partial charge in [0.2, 0.25) is 5.91 Å². The van der Waals surface area contributed by atoms with Gasteiger partial charge in [-0.25, -0.2) is 0 Å². The van der Waals surface area contributed by atoms with Crippen molar-refractivity contribution < 1.29 is 19.8 Å². The molecule has 0 aromatic carbocycles. The van der Waals surface area contributed by atoms with Gasteiger partial charge in [-0.1, -0.05) is 6.92 Å². The van der Waals surface area contributed by atoms with Gasteiger partial charge in [-0.2, -0.15) is 0 Å². The number of nitrogens with two attached hydrogens (primary N) is 1. The summed E-state index contributed by atoms with van der Waals surface area (Å²) in [5, 5.41) is 19.8. The van der Waals surface area contributed by atoms with E-state index < -0.39 is 17.9 Å². The van der Waals surface area contributed by atoms with E-state index in [1.54, 1.807) is 0 Å². The third-order valence-electron chi connectivity index (χ3n) is 2.28. The molecule has 0 heterocycles. The standard InChI is InChI=1S/C10H20N2O4/c1-2-7(4-3-5-13)12-10(16)8(11)6-9(14)15/h7-8,13H,2-6,11H2,1H3,(H,12,16)(H,14,15)/t7?,8-/m0/s1. The van der Waals surface area contributed by atoms with Gasteiger partial charge in [0.1, 0.15) is 0 Å². The predicted octanol–water partition coefficient (Wildman–Crippen LogP) is -0.544. The summed E-state index contributed by atoms with van der Waals surface area (Å²) in [4.78, 5) is 21.8. The Hall–Kier alpha value is -1.14. The van der Waals surface area contributed by atoms with Crippen molar-refractivity contribution in [1.82, 2.24) is 5.32 Å². The van der Waals surface area contributed by atoms with E-state index in [1.165, 1.54) is 0 Å². The molecule has 16 heavy (non-hydrogen) atoms. The number of carboxylic acid groups (broad SMARTS) is 1. The van der Waals surface area contributed by atoms with Gasteiger partial charge in [0, 0.05) is 12.6 Å². The Morgan fingerprint density at radius 3 is 2.50 bits per heavy atom. The molecule has 0 aliphatic carbocycles. The lowest BCUT2D eigenvalue weighted by molar-refractivity contribution is -0.139. The van der Waals surface area contributed by atoms with Crippen LogP contribution in [0.3, 0.4) is 0 Å². The molecular formula is C10H20N2O4. The van der Waals surface area contributed by atoms with E-state index in [0.717, 1.165) is 6.42 Å². The largest absolute Gasteiger partial charge is 0.481 e. The molecule has 5 N–H and O–H groups in total. The fourth-order valence-corrected chi connectivity index (χ4v) is 1.31. The SMILES string of the molecule is CCC(CCCO)NC(=O)[C@@H](N)CC(=O)O. The lowest BCUT2D eigenvalue weighted by Crippen LogP contribution is -2.46. The molecule has 0 saturated carbocycles. The average molecular weight is 232 g/mol. The molecule has 0 rings (SSSR count). The highest BCUT2D eigenvalue weighted by molar-refractivity contribution is 5.86. The first-order chi connectivity index (χ1) is 7.51. The maximum Gasteiger partial charge on any atom is 0.305 e. The maximum atomic E-state index is 11.4. The van der Waals surface area contributed by atoms with Crippen molar-refractivity contribution in [2.45, 2.75) is 44.7 Å². The molecule has 0 radical (unpaired) electrons. The van der Waals surface area contributed by atoms with E-state index in [0.29, 0.717) is 12.8 Å². The minimum Gasteiger partial charge on any atom is -0.481 e. The van der Waals surface area contributed by atoms with Crippen LogP contribution in [0.15, 0.2) is 0 Å². The zero-order chi connectivity index (χ0) is 12.6. The predicted molar refractivity (Wildman–Crippen MR) is 58.8 cm³/mol. The second kappa shape index (κ2) is 8.06. The number of aliphatic hydroxyl groups excluding tert-OH is 1. The van der Waals surface area contributed by atoms with Crippen LogP contribution < -0.4 is 11.1 Å². The van der Waals surface area contributed by atoms with Crippen molar-refractivity contribution in [3.8, 4) is 0 Å². The molecule has 0 bridgehead atoms. The van der Waals surface area contributed by atoms with Crippen LogP contribution >= 0.6 is 0 Å². The Morgan fingerprint density at radius 2 is 2.06 bits per heavy atom. The van der Waals surface area contributed by atoms with E-state index in [4.69, 9.17) is 15.9 Å². The maximum absolute atomic E-state index is 11.4. The van der Waals surface area contributed by atoms with Crippen LogP contribution in [0.2, 0.25) is 0 Å². The van der Waals surface area contributed by atoms with Crippen LogP contribution in [-0.4, -0.2) is 40.8 Å². The molecule has 0 aliphatic rings. The lowest BCUT2D eigenvalue weighted by Gasteiger charge is -2.18. The molecule has 0 fully saturated rings. The number of carbonyl (C=O) groups excluding carboxylic acids is 1. The molecule has 0 aromatic heterocycles. The number of aliphatic carboxylic acids is 1. The first kappa shape index (κ1) is 14.9. The van der Waals surface area contributed by atoms with Crippen molar-refractivity contribution in [3.05, 3.63) is 0 Å². The molecule has 1 unspecified atom stereocenters. The number of hydrogen-bond acceptors (Lipinski definition) is 4. The zero-order valence-electron chi connectivity index (χ0n) is 9.48. The Morgan fingerprint density at radius 1 is 1.44 bits per heavy atom. The van der Waals surface area contributed by atoms with E-state index in [-0.39, 0.29) is 19.1 Å². The molecule has 1 amide bonds. The fraction of sp³-hybridized carbons (Fsp3) is 0.800. The van der Waals surface area contributed by atoms with E-state index in [9.17, 15) is 9.59 Å². The van der Waals surface area contributed by atoms with Crippen molar-refractivity contribution in [2.75, 3.05) is 6.61 Å². The summed E-state index contributed by atoms with van der Waals surface area (Å²) in [6, 6.07) is -1.07. The topological polar surface area (TPSA) is 113 Å². The number of carboxylic acids is 1. The lowest BCUT2D eigenvalue weighted by atomic mass is 10.1. The summed E-state index contributed by atoms with van der Waals surface area (Å²) in [7, 11) is 0. The summed E-state index contributed by atoms with van der Waals surface area (Å²) in [6.45, 7) is 1.98. The number of aliphatic hydroxyl groups is 1. The zero-order valence-corrected chi connectivity index (χ0v) is 9.48. The van der Waals surface area contributed by atoms with Crippen LogP contribution in [0.25, 0.3) is 0 Å². The van der Waals surface area contributed by atoms with Gasteiger partial charge >= 0.3 is 5.97 Å². The molecule has 6 nitrogen and oxygen atoms in total. The molecule has 0 spiro atoms. The smallest absolute Gasteiger partial charge is 0.305 e. The highest BCUT2D eigenvalue weighted by atomic mass is 16.4. The van der Waals surface area contributed by atoms with Crippen LogP contribution in [0.1, 0.15) is 32.6 Å². The van der Waals surface area contributed by atoms with E-state index in [2.05, 4.69) is 5.32 Å². The van der Waals surface area contributed by atoms with Crippen LogP contribution in [0.4, 0.5) is 0 Å². The van der Waals surface area contributed by atoms with Gasteiger partial charge in [0.05, 0.1) is 12.5 Å². The van der Waals surface area contributed by atoms with Crippen molar-refractivity contribution >= 4 is 11.9 Å². The fourth-order valence-electron chi connectivity index (χ4n) is 1.31. The number of carbonyl (C=O) groups is 2. The summed E-state index contributed by atoms with van der Waals surface area (Å²) in [6.07, 6.45) is 1.62. The van der Waals surface area contributed by atoms with Crippen molar-refractivity contribution in [2.24, 2.45) is 5.73 Å². The van der Waals surface area contributed by atoms with Crippen molar-refractivity contribution in [3.63, 3.8) is 0 Å². The van der Waals surface area contributed by atoms with Gasteiger partial charge in [-0.05, 0) is 19.3 Å². The van der Waals surface area contributed by atoms with Gasteiger partial charge in [0.25, 0.3) is 0 Å². The molecule has 2 atom stereocenters. The molecule has 0 aliphatic heterocycles. The number of amides is 1. The van der Waals surface area contributed by atoms with Gasteiger partial charge in [0.15, 0.2) is 0 Å². The Kier molecular flexibility index (Phi) is 7.49. The average Bonchev–Trinajstić information content (AvgIpc) is 2.22. The minimum absolute atomic E-state index is 0.0560. The summed E-state index contributed by atoms with van der Waals surface area (Å²) in [5.74, 6) is -1.54. The first-order valence-electron chi connectivity index (χ1n) is 5.39. The molecule has 0 saturated heterocycles. The van der Waals surface area contributed by atoms with Gasteiger partial charge in [-0.15, -0.1) is 0 Å². The number of nitrogens with one attached hydrogen (secondary N) is 1. The van der Waals surface area contributed by atoms with Gasteiger partial charge in [-0.3, -0.25) is 9.59 Å². The number of rotatable bonds is 8. The normalized spacial score (nSPS) is 14.2. The molecular weight excluding hydrogens is 212 g/mol. The van der Waals surface area contributed by atoms with E-state index in [1.807, 2.05) is 6.92 Å². The quantitative estimate of drug-likeness (QED) is 0.449. The second-order valence-electron chi connectivity index (χ2n) is 3.68. The molecule has 6 heteroatoms. The molecule has 94 valence electrons. The van der Waals surface area contributed by atoms with Gasteiger partial charge < -0.3 is 21.3 Å². The minimum atomic E-state index is -1.09. The first-order valence-corrected chi connectivity index (χ1v) is 5.39.